The Kier molecular flexibility index (Phi) is 4.95. The second-order valence-corrected chi connectivity index (χ2v) is 5.09. The molecule has 1 fully saturated rings. The number of carbonyl (C=O) groups excluding carboxylic acids is 1. The molecule has 0 aromatic heterocycles. The van der Waals surface area contributed by atoms with Crippen LogP contribution in [-0.2, 0) is 4.79 Å². The summed E-state index contributed by atoms with van der Waals surface area (Å²) in [7, 11) is 3.54. The van der Waals surface area contributed by atoms with Crippen molar-refractivity contribution in [2.24, 2.45) is 5.92 Å². The molecule has 0 aromatic rings. The van der Waals surface area contributed by atoms with Gasteiger partial charge in [0.15, 0.2) is 0 Å². The van der Waals surface area contributed by atoms with E-state index in [2.05, 4.69) is 10.6 Å². The molecule has 3 N–H and O–H groups in total. The van der Waals surface area contributed by atoms with Crippen molar-refractivity contribution in [1.82, 2.24) is 15.5 Å². The lowest BCUT2D eigenvalue weighted by atomic mass is 9.96. The Morgan fingerprint density at radius 3 is 2.50 bits per heavy atom. The van der Waals surface area contributed by atoms with Crippen molar-refractivity contribution >= 4 is 12.0 Å². The molecule has 1 unspecified atom stereocenters. The Labute approximate surface area is 108 Å². The molecule has 1 rings (SSSR count). The third-order valence-corrected chi connectivity index (χ3v) is 3.47. The highest BCUT2D eigenvalue weighted by Crippen LogP contribution is 2.39. The molecule has 0 aliphatic heterocycles. The lowest BCUT2D eigenvalue weighted by Crippen LogP contribution is -2.57. The summed E-state index contributed by atoms with van der Waals surface area (Å²) in [5.41, 5.74) is -1.13. The van der Waals surface area contributed by atoms with Gasteiger partial charge in [0.05, 0.1) is 0 Å². The number of carbonyl (C=O) groups is 2. The van der Waals surface area contributed by atoms with Gasteiger partial charge in [-0.05, 0) is 45.7 Å². The molecule has 6 nitrogen and oxygen atoms in total. The summed E-state index contributed by atoms with van der Waals surface area (Å²) in [5, 5.41) is 14.9. The highest BCUT2D eigenvalue weighted by Gasteiger charge is 2.48. The standard InChI is InChI=1S/C12H23N3O3/c1-12(10(16)17,9-5-6-9)14-11(18)15(3)8-4-7-13-2/h9,13H,4-8H2,1-3H3,(H,14,18)(H,16,17). The monoisotopic (exact) mass is 257 g/mol. The van der Waals surface area contributed by atoms with Crippen LogP contribution in [0.2, 0.25) is 0 Å². The van der Waals surface area contributed by atoms with Crippen LogP contribution in [0.5, 0.6) is 0 Å². The molecule has 6 heteroatoms. The van der Waals surface area contributed by atoms with Crippen LogP contribution in [0.3, 0.4) is 0 Å². The first kappa shape index (κ1) is 14.8. The van der Waals surface area contributed by atoms with Gasteiger partial charge in [-0.3, -0.25) is 0 Å². The van der Waals surface area contributed by atoms with E-state index in [1.165, 1.54) is 4.90 Å². The van der Waals surface area contributed by atoms with Crippen molar-refractivity contribution in [3.05, 3.63) is 0 Å². The van der Waals surface area contributed by atoms with Crippen molar-refractivity contribution in [3.8, 4) is 0 Å². The van der Waals surface area contributed by atoms with Crippen molar-refractivity contribution in [2.75, 3.05) is 27.2 Å². The number of amides is 2. The fraction of sp³-hybridized carbons (Fsp3) is 0.833. The van der Waals surface area contributed by atoms with Crippen LogP contribution < -0.4 is 10.6 Å². The van der Waals surface area contributed by atoms with E-state index in [1.54, 1.807) is 14.0 Å². The minimum atomic E-state index is -1.13. The molecule has 104 valence electrons. The number of urea groups is 1. The molecule has 2 amide bonds. The Hall–Kier alpha value is -1.30. The number of rotatable bonds is 7. The lowest BCUT2D eigenvalue weighted by molar-refractivity contribution is -0.144. The molecule has 1 saturated carbocycles. The predicted molar refractivity (Wildman–Crippen MR) is 68.5 cm³/mol. The van der Waals surface area contributed by atoms with E-state index in [1.807, 2.05) is 7.05 Å². The van der Waals surface area contributed by atoms with Crippen LogP contribution in [0.25, 0.3) is 0 Å². The highest BCUT2D eigenvalue weighted by molar-refractivity contribution is 5.86. The Bertz CT molecular complexity index is 318. The maximum Gasteiger partial charge on any atom is 0.329 e. The number of hydrogen-bond acceptors (Lipinski definition) is 3. The van der Waals surface area contributed by atoms with Gasteiger partial charge in [0, 0.05) is 13.6 Å². The Balaban J connectivity index is 2.48. The third kappa shape index (κ3) is 3.60. The molecule has 0 heterocycles. The zero-order valence-corrected chi connectivity index (χ0v) is 11.3. The van der Waals surface area contributed by atoms with Crippen molar-refractivity contribution in [1.29, 1.82) is 0 Å². The first-order valence-corrected chi connectivity index (χ1v) is 6.33. The van der Waals surface area contributed by atoms with E-state index in [4.69, 9.17) is 0 Å². The minimum absolute atomic E-state index is 0.0599. The van der Waals surface area contributed by atoms with E-state index in [-0.39, 0.29) is 11.9 Å². The first-order chi connectivity index (χ1) is 8.41. The van der Waals surface area contributed by atoms with Gasteiger partial charge >= 0.3 is 12.0 Å². The summed E-state index contributed by atoms with van der Waals surface area (Å²) in [4.78, 5) is 24.7. The maximum absolute atomic E-state index is 11.9. The topological polar surface area (TPSA) is 81.7 Å². The number of nitrogens with one attached hydrogen (secondary N) is 2. The van der Waals surface area contributed by atoms with E-state index >= 15 is 0 Å². The van der Waals surface area contributed by atoms with Crippen molar-refractivity contribution in [3.63, 3.8) is 0 Å². The second kappa shape index (κ2) is 6.04. The molecule has 0 bridgehead atoms. The predicted octanol–water partition coefficient (Wildman–Crippen LogP) is 0.491. The molecule has 18 heavy (non-hydrogen) atoms. The molecular weight excluding hydrogens is 234 g/mol. The van der Waals surface area contributed by atoms with E-state index < -0.39 is 11.5 Å². The summed E-state index contributed by atoms with van der Waals surface area (Å²) in [6.07, 6.45) is 2.58. The quantitative estimate of drug-likeness (QED) is 0.580. The lowest BCUT2D eigenvalue weighted by Gasteiger charge is -2.29. The summed E-state index contributed by atoms with van der Waals surface area (Å²) < 4.78 is 0. The normalized spacial score (nSPS) is 17.9. The second-order valence-electron chi connectivity index (χ2n) is 5.09. The van der Waals surface area contributed by atoms with Crippen molar-refractivity contribution < 1.29 is 14.7 Å². The molecule has 1 atom stereocenters. The molecule has 1 aliphatic carbocycles. The molecular formula is C12H23N3O3. The number of carboxylic acid groups (broad SMARTS) is 1. The highest BCUT2D eigenvalue weighted by atomic mass is 16.4. The number of nitrogens with zero attached hydrogens (tertiary/aromatic N) is 1. The molecule has 0 spiro atoms. The van der Waals surface area contributed by atoms with Gasteiger partial charge < -0.3 is 20.6 Å². The van der Waals surface area contributed by atoms with E-state index in [0.29, 0.717) is 6.54 Å². The van der Waals surface area contributed by atoms with Gasteiger partial charge in [-0.25, -0.2) is 9.59 Å². The van der Waals surface area contributed by atoms with Gasteiger partial charge in [-0.1, -0.05) is 0 Å². The minimum Gasteiger partial charge on any atom is -0.480 e. The maximum atomic E-state index is 11.9. The Morgan fingerprint density at radius 2 is 2.06 bits per heavy atom. The van der Waals surface area contributed by atoms with Gasteiger partial charge in [0.2, 0.25) is 0 Å². The number of hydrogen-bond donors (Lipinski definition) is 3. The smallest absolute Gasteiger partial charge is 0.329 e. The molecule has 1 aliphatic rings. The number of aliphatic carboxylic acids is 1. The SMILES string of the molecule is CNCCCN(C)C(=O)NC(C)(C(=O)O)C1CC1. The number of carboxylic acids is 1. The third-order valence-electron chi connectivity index (χ3n) is 3.47. The van der Waals surface area contributed by atoms with Gasteiger partial charge in [0.25, 0.3) is 0 Å². The average molecular weight is 257 g/mol. The molecule has 0 radical (unpaired) electrons. The zero-order chi connectivity index (χ0) is 13.8. The van der Waals surface area contributed by atoms with E-state index in [9.17, 15) is 14.7 Å². The van der Waals surface area contributed by atoms with Gasteiger partial charge in [-0.15, -0.1) is 0 Å². The summed E-state index contributed by atoms with van der Waals surface area (Å²) in [5.74, 6) is -0.897. The summed E-state index contributed by atoms with van der Waals surface area (Å²) in [6.45, 7) is 3.02. The van der Waals surface area contributed by atoms with Crippen LogP contribution in [0.15, 0.2) is 0 Å². The zero-order valence-electron chi connectivity index (χ0n) is 11.3. The van der Waals surface area contributed by atoms with E-state index in [0.717, 1.165) is 25.8 Å². The summed E-state index contributed by atoms with van der Waals surface area (Å²) >= 11 is 0. The van der Waals surface area contributed by atoms with Crippen LogP contribution in [0.4, 0.5) is 4.79 Å². The van der Waals surface area contributed by atoms with Gasteiger partial charge in [-0.2, -0.15) is 0 Å². The summed E-state index contributed by atoms with van der Waals surface area (Å²) in [6, 6.07) is -0.317. The first-order valence-electron chi connectivity index (χ1n) is 6.33. The van der Waals surface area contributed by atoms with Crippen LogP contribution in [0.1, 0.15) is 26.2 Å². The average Bonchev–Trinajstić information content (AvgIpc) is 3.12. The van der Waals surface area contributed by atoms with Gasteiger partial charge in [0.1, 0.15) is 5.54 Å². The van der Waals surface area contributed by atoms with Crippen LogP contribution in [-0.4, -0.2) is 54.7 Å². The fourth-order valence-electron chi connectivity index (χ4n) is 1.90. The Morgan fingerprint density at radius 1 is 1.44 bits per heavy atom. The van der Waals surface area contributed by atoms with Crippen molar-refractivity contribution in [2.45, 2.75) is 31.7 Å². The molecule has 0 saturated heterocycles. The largest absolute Gasteiger partial charge is 0.480 e. The fourth-order valence-corrected chi connectivity index (χ4v) is 1.90. The van der Waals surface area contributed by atoms with Crippen LogP contribution in [0, 0.1) is 5.92 Å². The van der Waals surface area contributed by atoms with Crippen LogP contribution >= 0.6 is 0 Å². The molecule has 0 aromatic carbocycles.